The Morgan fingerprint density at radius 2 is 1.91 bits per heavy atom. The van der Waals surface area contributed by atoms with Crippen molar-refractivity contribution in [1.29, 1.82) is 0 Å². The van der Waals surface area contributed by atoms with Gasteiger partial charge in [-0.15, -0.1) is 0 Å². The molecule has 22 heavy (non-hydrogen) atoms. The minimum absolute atomic E-state index is 0.0586. The third-order valence-corrected chi connectivity index (χ3v) is 3.02. The highest BCUT2D eigenvalue weighted by molar-refractivity contribution is 6.31. The molecule has 1 heterocycles. The average molecular weight is 353 g/mol. The Balaban J connectivity index is 2.49. The molecular formula is C12H5Cl2F3N2O3. The fourth-order valence-electron chi connectivity index (χ4n) is 1.53. The summed E-state index contributed by atoms with van der Waals surface area (Å²) < 4.78 is 43.3. The van der Waals surface area contributed by atoms with Gasteiger partial charge in [0.25, 0.3) is 0 Å². The lowest BCUT2D eigenvalue weighted by atomic mass is 10.2. The van der Waals surface area contributed by atoms with E-state index in [4.69, 9.17) is 27.9 Å². The van der Waals surface area contributed by atoms with E-state index < -0.39 is 33.1 Å². The smallest absolute Gasteiger partial charge is 0.418 e. The molecule has 0 saturated heterocycles. The van der Waals surface area contributed by atoms with Crippen molar-refractivity contribution in [1.82, 2.24) is 4.98 Å². The first-order valence-corrected chi connectivity index (χ1v) is 6.28. The highest BCUT2D eigenvalue weighted by atomic mass is 35.5. The van der Waals surface area contributed by atoms with Crippen molar-refractivity contribution in [2.75, 3.05) is 0 Å². The second-order valence-corrected chi connectivity index (χ2v) is 4.77. The van der Waals surface area contributed by atoms with Crippen LogP contribution in [0.1, 0.15) is 5.56 Å². The molecule has 0 atom stereocenters. The highest BCUT2D eigenvalue weighted by Gasteiger charge is 2.36. The van der Waals surface area contributed by atoms with Crippen molar-refractivity contribution in [3.05, 3.63) is 56.3 Å². The Bertz CT molecular complexity index is 721. The van der Waals surface area contributed by atoms with Gasteiger partial charge >= 0.3 is 11.9 Å². The molecule has 1 aromatic carbocycles. The Hall–Kier alpha value is -2.06. The molecular weight excluding hydrogens is 348 g/mol. The summed E-state index contributed by atoms with van der Waals surface area (Å²) in [4.78, 5) is 13.6. The number of nitrogens with zero attached hydrogens (tertiary/aromatic N) is 2. The van der Waals surface area contributed by atoms with Gasteiger partial charge in [0.1, 0.15) is 10.9 Å². The Labute approximate surface area is 131 Å². The molecule has 0 N–H and O–H groups in total. The zero-order valence-corrected chi connectivity index (χ0v) is 11.9. The molecule has 0 unspecified atom stereocenters. The maximum atomic E-state index is 12.7. The molecule has 0 fully saturated rings. The number of halogens is 5. The molecule has 116 valence electrons. The SMILES string of the molecule is O=[N+]([O-])c1cc(C(F)(F)F)c(Cl)cc1Oc1ccc(Cl)nc1. The van der Waals surface area contributed by atoms with Gasteiger partial charge in [-0.05, 0) is 12.1 Å². The van der Waals surface area contributed by atoms with E-state index in [1.807, 2.05) is 0 Å². The second-order valence-electron chi connectivity index (χ2n) is 3.97. The van der Waals surface area contributed by atoms with Crippen LogP contribution < -0.4 is 4.74 Å². The van der Waals surface area contributed by atoms with Gasteiger partial charge in [-0.2, -0.15) is 13.2 Å². The van der Waals surface area contributed by atoms with Gasteiger partial charge in [-0.1, -0.05) is 23.2 Å². The number of pyridine rings is 1. The molecule has 0 aliphatic rings. The van der Waals surface area contributed by atoms with Crippen LogP contribution in [0.25, 0.3) is 0 Å². The number of benzene rings is 1. The zero-order chi connectivity index (χ0) is 16.5. The number of aromatic nitrogens is 1. The number of nitro benzene ring substituents is 1. The Morgan fingerprint density at radius 3 is 2.41 bits per heavy atom. The summed E-state index contributed by atoms with van der Waals surface area (Å²) in [5.41, 5.74) is -2.19. The molecule has 10 heteroatoms. The zero-order valence-electron chi connectivity index (χ0n) is 10.4. The summed E-state index contributed by atoms with van der Waals surface area (Å²) in [5.74, 6) is -0.379. The average Bonchev–Trinajstić information content (AvgIpc) is 2.39. The van der Waals surface area contributed by atoms with Crippen LogP contribution in [0.2, 0.25) is 10.2 Å². The van der Waals surface area contributed by atoms with Crippen molar-refractivity contribution in [3.63, 3.8) is 0 Å². The predicted molar refractivity (Wildman–Crippen MR) is 72.4 cm³/mol. The van der Waals surface area contributed by atoms with Gasteiger partial charge in [0.15, 0.2) is 0 Å². The fourth-order valence-corrected chi connectivity index (χ4v) is 1.91. The van der Waals surface area contributed by atoms with Crippen molar-refractivity contribution in [2.24, 2.45) is 0 Å². The van der Waals surface area contributed by atoms with Crippen molar-refractivity contribution < 1.29 is 22.8 Å². The van der Waals surface area contributed by atoms with Gasteiger partial charge in [-0.3, -0.25) is 10.1 Å². The molecule has 5 nitrogen and oxygen atoms in total. The van der Waals surface area contributed by atoms with E-state index in [9.17, 15) is 23.3 Å². The molecule has 0 aliphatic carbocycles. The summed E-state index contributed by atoms with van der Waals surface area (Å²) in [7, 11) is 0. The minimum atomic E-state index is -4.82. The topological polar surface area (TPSA) is 65.3 Å². The molecule has 1 aromatic heterocycles. The number of rotatable bonds is 3. The van der Waals surface area contributed by atoms with E-state index in [0.29, 0.717) is 6.07 Å². The van der Waals surface area contributed by atoms with Crippen LogP contribution in [0.3, 0.4) is 0 Å². The lowest BCUT2D eigenvalue weighted by Crippen LogP contribution is -2.07. The summed E-state index contributed by atoms with van der Waals surface area (Å²) in [6.45, 7) is 0. The van der Waals surface area contributed by atoms with E-state index in [1.165, 1.54) is 12.1 Å². The number of hydrogen-bond acceptors (Lipinski definition) is 4. The van der Waals surface area contributed by atoms with Crippen LogP contribution in [0.15, 0.2) is 30.5 Å². The number of alkyl halides is 3. The van der Waals surface area contributed by atoms with E-state index in [-0.39, 0.29) is 10.9 Å². The van der Waals surface area contributed by atoms with E-state index >= 15 is 0 Å². The molecule has 0 radical (unpaired) electrons. The van der Waals surface area contributed by atoms with E-state index in [2.05, 4.69) is 4.98 Å². The number of ether oxygens (including phenoxy) is 1. The minimum Gasteiger partial charge on any atom is -0.448 e. The number of nitro groups is 1. The summed E-state index contributed by atoms with van der Waals surface area (Å²) in [6.07, 6.45) is -3.65. The van der Waals surface area contributed by atoms with Crippen molar-refractivity contribution in [2.45, 2.75) is 6.18 Å². The quantitative estimate of drug-likeness (QED) is 0.437. The number of hydrogen-bond donors (Lipinski definition) is 0. The molecule has 0 bridgehead atoms. The standard InChI is InChI=1S/C12H5Cl2F3N2O3/c13-8-4-10(22-6-1-2-11(14)18-5-6)9(19(20)21)3-7(8)12(15,16)17/h1-5H. The maximum Gasteiger partial charge on any atom is 0.418 e. The van der Waals surface area contributed by atoms with E-state index in [0.717, 1.165) is 12.3 Å². The van der Waals surface area contributed by atoms with Crippen LogP contribution in [0, 0.1) is 10.1 Å². The Morgan fingerprint density at radius 1 is 1.23 bits per heavy atom. The Kier molecular flexibility index (Phi) is 4.43. The van der Waals surface area contributed by atoms with Crippen LogP contribution in [-0.4, -0.2) is 9.91 Å². The monoisotopic (exact) mass is 352 g/mol. The van der Waals surface area contributed by atoms with Crippen molar-refractivity contribution >= 4 is 28.9 Å². The molecule has 0 amide bonds. The molecule has 0 spiro atoms. The molecule has 0 saturated carbocycles. The normalized spacial score (nSPS) is 11.3. The van der Waals surface area contributed by atoms with Crippen LogP contribution >= 0.6 is 23.2 Å². The molecule has 2 rings (SSSR count). The van der Waals surface area contributed by atoms with Gasteiger partial charge in [-0.25, -0.2) is 4.98 Å². The summed E-state index contributed by atoms with van der Waals surface area (Å²) >= 11 is 11.1. The van der Waals surface area contributed by atoms with Gasteiger partial charge in [0.2, 0.25) is 5.75 Å². The van der Waals surface area contributed by atoms with Crippen LogP contribution in [0.4, 0.5) is 18.9 Å². The highest BCUT2D eigenvalue weighted by Crippen LogP contribution is 2.42. The lowest BCUT2D eigenvalue weighted by molar-refractivity contribution is -0.385. The third-order valence-electron chi connectivity index (χ3n) is 2.48. The first-order chi connectivity index (χ1) is 10.2. The van der Waals surface area contributed by atoms with Crippen LogP contribution in [0.5, 0.6) is 11.5 Å². The predicted octanol–water partition coefficient (Wildman–Crippen LogP) is 5.11. The van der Waals surface area contributed by atoms with Gasteiger partial charge < -0.3 is 4.74 Å². The largest absolute Gasteiger partial charge is 0.448 e. The maximum absolute atomic E-state index is 12.7. The molecule has 0 aliphatic heterocycles. The fraction of sp³-hybridized carbons (Fsp3) is 0.0833. The first kappa shape index (κ1) is 16.3. The lowest BCUT2D eigenvalue weighted by Gasteiger charge is -2.11. The van der Waals surface area contributed by atoms with Crippen LogP contribution in [-0.2, 0) is 6.18 Å². The third kappa shape index (κ3) is 3.58. The van der Waals surface area contributed by atoms with Gasteiger partial charge in [0.05, 0.1) is 21.7 Å². The van der Waals surface area contributed by atoms with Gasteiger partial charge in [0, 0.05) is 12.1 Å². The summed E-state index contributed by atoms with van der Waals surface area (Å²) in [6, 6.07) is 3.76. The molecule has 2 aromatic rings. The second kappa shape index (κ2) is 5.98. The summed E-state index contributed by atoms with van der Waals surface area (Å²) in [5, 5.41) is 10.4. The van der Waals surface area contributed by atoms with E-state index in [1.54, 1.807) is 0 Å². The first-order valence-electron chi connectivity index (χ1n) is 5.53. The van der Waals surface area contributed by atoms with Crippen molar-refractivity contribution in [3.8, 4) is 11.5 Å².